The highest BCUT2D eigenvalue weighted by Gasteiger charge is 2.27. The van der Waals surface area contributed by atoms with E-state index < -0.39 is 12.4 Å². The first-order chi connectivity index (χ1) is 19.7. The summed E-state index contributed by atoms with van der Waals surface area (Å²) in [6.45, 7) is 11.5. The molecule has 0 bridgehead atoms. The molecule has 9 heteroatoms. The van der Waals surface area contributed by atoms with Gasteiger partial charge in [0, 0.05) is 30.2 Å². The molecule has 0 aliphatic carbocycles. The van der Waals surface area contributed by atoms with Gasteiger partial charge in [-0.2, -0.15) is 0 Å². The lowest BCUT2D eigenvalue weighted by Crippen LogP contribution is -2.36. The fourth-order valence-electron chi connectivity index (χ4n) is 5.37. The van der Waals surface area contributed by atoms with Gasteiger partial charge in [0.25, 0.3) is 6.41 Å². The van der Waals surface area contributed by atoms with Crippen molar-refractivity contribution in [1.82, 2.24) is 4.98 Å². The molecule has 4 N–H and O–H groups in total. The number of nitrogens with zero attached hydrogens (tertiary/aromatic N) is 2. The molecule has 1 aromatic heterocycles. The number of hydrogen-bond acceptors (Lipinski definition) is 7. The van der Waals surface area contributed by atoms with Gasteiger partial charge in [0.2, 0.25) is 0 Å². The quantitative estimate of drug-likeness (QED) is 0.243. The fraction of sp³-hybridized carbons (Fsp3) is 0.312. The van der Waals surface area contributed by atoms with Crippen molar-refractivity contribution in [2.45, 2.75) is 39.5 Å². The number of aliphatic hydroxyl groups excluding tert-OH is 1. The maximum Gasteiger partial charge on any atom is 0.323 e. The average molecular weight is 554 g/mol. The van der Waals surface area contributed by atoms with Gasteiger partial charge in [0.15, 0.2) is 5.75 Å². The Balaban J connectivity index is 1.29. The zero-order chi connectivity index (χ0) is 28.7. The molecule has 2 aliphatic rings. The number of aromatic nitrogens is 1. The number of fused-ring (bicyclic) bond motifs is 2. The van der Waals surface area contributed by atoms with Crippen molar-refractivity contribution in [2.75, 3.05) is 47.2 Å². The van der Waals surface area contributed by atoms with E-state index >= 15 is 0 Å². The van der Waals surface area contributed by atoms with Crippen molar-refractivity contribution in [3.8, 4) is 16.9 Å². The van der Waals surface area contributed by atoms with Crippen molar-refractivity contribution >= 4 is 39.7 Å². The number of morpholine rings is 1. The van der Waals surface area contributed by atoms with Crippen LogP contribution in [-0.4, -0.2) is 48.8 Å². The molecule has 1 saturated heterocycles. The molecule has 1 fully saturated rings. The van der Waals surface area contributed by atoms with E-state index in [4.69, 9.17) is 14.5 Å². The Bertz CT molecular complexity index is 1620. The fourth-order valence-corrected chi connectivity index (χ4v) is 5.37. The summed E-state index contributed by atoms with van der Waals surface area (Å²) in [4.78, 5) is 20.3. The van der Waals surface area contributed by atoms with E-state index in [-0.39, 0.29) is 5.41 Å². The molecule has 0 spiro atoms. The minimum absolute atomic E-state index is 0.170. The van der Waals surface area contributed by atoms with Gasteiger partial charge in [-0.05, 0) is 58.7 Å². The summed E-state index contributed by atoms with van der Waals surface area (Å²) in [6, 6.07) is 17.5. The standard InChI is InChI=1S/C32H35N5O4/c1-19-15-28(37-11-13-40-14-12-37)33-18-24(19)22-9-10-25(23-8-6-5-7-21(22)23)34-30(38)35-26-16-20(32(2,3)4)17-27-29(26)41-31(39)36-27/h5-10,15-18,31,36,39H,11-14H2,1-4H3,(H2,34,35,38). The highest BCUT2D eigenvalue weighted by atomic mass is 16.6. The zero-order valence-corrected chi connectivity index (χ0v) is 23.7. The predicted molar refractivity (Wildman–Crippen MR) is 163 cm³/mol. The molecule has 3 heterocycles. The third-order valence-electron chi connectivity index (χ3n) is 7.61. The smallest absolute Gasteiger partial charge is 0.323 e. The second kappa shape index (κ2) is 10.6. The number of hydrogen-bond donors (Lipinski definition) is 4. The zero-order valence-electron chi connectivity index (χ0n) is 23.7. The second-order valence-electron chi connectivity index (χ2n) is 11.5. The second-order valence-corrected chi connectivity index (χ2v) is 11.5. The van der Waals surface area contributed by atoms with Crippen LogP contribution in [0.3, 0.4) is 0 Å². The molecular formula is C32H35N5O4. The Morgan fingerprint density at radius 1 is 1.00 bits per heavy atom. The summed E-state index contributed by atoms with van der Waals surface area (Å²) in [5, 5.41) is 20.8. The molecule has 2 aliphatic heterocycles. The predicted octanol–water partition coefficient (Wildman–Crippen LogP) is 6.07. The summed E-state index contributed by atoms with van der Waals surface area (Å²) in [6.07, 6.45) is 0.772. The minimum atomic E-state index is -1.17. The van der Waals surface area contributed by atoms with Crippen molar-refractivity contribution < 1.29 is 19.4 Å². The molecule has 3 aromatic carbocycles. The number of urea groups is 1. The lowest BCUT2D eigenvalue weighted by Gasteiger charge is -2.28. The van der Waals surface area contributed by atoms with Gasteiger partial charge >= 0.3 is 6.03 Å². The molecule has 1 atom stereocenters. The molecule has 1 unspecified atom stereocenters. The van der Waals surface area contributed by atoms with Crippen LogP contribution in [0.5, 0.6) is 5.75 Å². The monoisotopic (exact) mass is 553 g/mol. The van der Waals surface area contributed by atoms with Crippen LogP contribution in [0.25, 0.3) is 21.9 Å². The molecule has 9 nitrogen and oxygen atoms in total. The number of pyridine rings is 1. The molecule has 4 aromatic rings. The molecule has 0 radical (unpaired) electrons. The first-order valence-corrected chi connectivity index (χ1v) is 13.9. The van der Waals surface area contributed by atoms with Crippen LogP contribution in [0.2, 0.25) is 0 Å². The number of benzene rings is 3. The van der Waals surface area contributed by atoms with Crippen LogP contribution in [0, 0.1) is 6.92 Å². The van der Waals surface area contributed by atoms with Gasteiger partial charge in [0.1, 0.15) is 5.82 Å². The topological polar surface area (TPSA) is 108 Å². The van der Waals surface area contributed by atoms with E-state index in [1.54, 1.807) is 0 Å². The Kier molecular flexibility index (Phi) is 6.93. The number of aryl methyl sites for hydroxylation is 1. The molecule has 212 valence electrons. The Morgan fingerprint density at radius 3 is 2.46 bits per heavy atom. The first kappa shape index (κ1) is 26.9. The van der Waals surface area contributed by atoms with Crippen molar-refractivity contribution in [3.63, 3.8) is 0 Å². The molecule has 41 heavy (non-hydrogen) atoms. The van der Waals surface area contributed by atoms with Crippen LogP contribution in [0.15, 0.2) is 60.8 Å². The summed E-state index contributed by atoms with van der Waals surface area (Å²) in [7, 11) is 0. The van der Waals surface area contributed by atoms with Gasteiger partial charge in [-0.3, -0.25) is 0 Å². The lowest BCUT2D eigenvalue weighted by molar-refractivity contribution is 0.0216. The van der Waals surface area contributed by atoms with E-state index in [1.807, 2.05) is 48.7 Å². The van der Waals surface area contributed by atoms with Crippen LogP contribution >= 0.6 is 0 Å². The van der Waals surface area contributed by atoms with Gasteiger partial charge in [-0.25, -0.2) is 9.78 Å². The van der Waals surface area contributed by atoms with E-state index in [0.29, 0.717) is 36.0 Å². The maximum atomic E-state index is 13.3. The molecule has 2 amide bonds. The molecular weight excluding hydrogens is 518 g/mol. The van der Waals surface area contributed by atoms with Crippen molar-refractivity contribution in [1.29, 1.82) is 0 Å². The summed E-state index contributed by atoms with van der Waals surface area (Å²) in [5.41, 5.74) is 5.86. The normalized spacial score (nSPS) is 16.6. The Labute approximate surface area is 239 Å². The van der Waals surface area contributed by atoms with Crippen LogP contribution in [0.4, 0.5) is 27.7 Å². The van der Waals surface area contributed by atoms with Crippen molar-refractivity contribution in [2.24, 2.45) is 0 Å². The first-order valence-electron chi connectivity index (χ1n) is 13.9. The van der Waals surface area contributed by atoms with E-state index in [0.717, 1.165) is 51.9 Å². The van der Waals surface area contributed by atoms with Gasteiger partial charge in [-0.1, -0.05) is 51.1 Å². The van der Waals surface area contributed by atoms with Crippen LogP contribution in [0.1, 0.15) is 31.9 Å². The number of rotatable bonds is 4. The summed E-state index contributed by atoms with van der Waals surface area (Å²) >= 11 is 0. The highest BCUT2D eigenvalue weighted by Crippen LogP contribution is 2.42. The number of aliphatic hydroxyl groups is 1. The largest absolute Gasteiger partial charge is 0.443 e. The molecule has 6 rings (SSSR count). The maximum absolute atomic E-state index is 13.3. The number of carbonyl (C=O) groups is 1. The Hall–Kier alpha value is -4.34. The average Bonchev–Trinajstić information content (AvgIpc) is 3.34. The van der Waals surface area contributed by atoms with E-state index in [2.05, 4.69) is 60.7 Å². The minimum Gasteiger partial charge on any atom is -0.443 e. The van der Waals surface area contributed by atoms with Crippen molar-refractivity contribution in [3.05, 3.63) is 71.9 Å². The summed E-state index contributed by atoms with van der Waals surface area (Å²) < 4.78 is 11.0. The van der Waals surface area contributed by atoms with E-state index in [9.17, 15) is 9.90 Å². The SMILES string of the molecule is Cc1cc(N2CCOCC2)ncc1-c1ccc(NC(=O)Nc2cc(C(C)(C)C)cc3c2OC(O)N3)c2ccccc12. The number of anilines is 4. The highest BCUT2D eigenvalue weighted by molar-refractivity contribution is 6.10. The van der Waals surface area contributed by atoms with Gasteiger partial charge in [-0.15, -0.1) is 0 Å². The van der Waals surface area contributed by atoms with Crippen LogP contribution < -0.4 is 25.6 Å². The number of ether oxygens (including phenoxy) is 2. The summed E-state index contributed by atoms with van der Waals surface area (Å²) in [5.74, 6) is 1.37. The Morgan fingerprint density at radius 2 is 1.73 bits per heavy atom. The third kappa shape index (κ3) is 5.38. The van der Waals surface area contributed by atoms with Gasteiger partial charge in [0.05, 0.1) is 30.3 Å². The van der Waals surface area contributed by atoms with Crippen LogP contribution in [-0.2, 0) is 10.2 Å². The van der Waals surface area contributed by atoms with Gasteiger partial charge < -0.3 is 35.4 Å². The van der Waals surface area contributed by atoms with E-state index in [1.165, 1.54) is 0 Å². The number of nitrogens with one attached hydrogen (secondary N) is 3. The lowest BCUT2D eigenvalue weighted by atomic mass is 9.86. The molecule has 0 saturated carbocycles. The number of amides is 2. The third-order valence-corrected chi connectivity index (χ3v) is 7.61. The number of carbonyl (C=O) groups excluding carboxylic acids is 1.